The number of ether oxygens (including phenoxy) is 1. The molecule has 1 rings (SSSR count). The lowest BCUT2D eigenvalue weighted by Gasteiger charge is -2.10. The maximum atomic E-state index is 13.8. The molecule has 0 aliphatic rings. The van der Waals surface area contributed by atoms with Crippen molar-refractivity contribution in [2.75, 3.05) is 6.61 Å². The van der Waals surface area contributed by atoms with E-state index in [1.54, 1.807) is 26.8 Å². The average molecular weight is 303 g/mol. The fourth-order valence-corrected chi connectivity index (χ4v) is 1.95. The van der Waals surface area contributed by atoms with Gasteiger partial charge in [0, 0.05) is 0 Å². The number of halogens is 2. The minimum Gasteiger partial charge on any atom is -0.460 e. The number of benzene rings is 1. The first-order valence-corrected chi connectivity index (χ1v) is 5.86. The van der Waals surface area contributed by atoms with Gasteiger partial charge in [-0.25, -0.2) is 9.18 Å². The first-order chi connectivity index (χ1) is 7.90. The van der Waals surface area contributed by atoms with Gasteiger partial charge in [-0.3, -0.25) is 4.79 Å². The Morgan fingerprint density at radius 3 is 2.53 bits per heavy atom. The SMILES string of the molecule is CCOC(=O)C(=O)c1c(C)c(C)cc(Br)c1F. The zero-order chi connectivity index (χ0) is 13.2. The van der Waals surface area contributed by atoms with E-state index in [1.165, 1.54) is 0 Å². The van der Waals surface area contributed by atoms with Crippen LogP contribution in [0.2, 0.25) is 0 Å². The minimum atomic E-state index is -1.04. The molecular formula is C12H12BrFO3. The molecule has 0 radical (unpaired) electrons. The summed E-state index contributed by atoms with van der Waals surface area (Å²) in [5.74, 6) is -2.72. The Morgan fingerprint density at radius 2 is 2.00 bits per heavy atom. The standard InChI is InChI=1S/C12H12BrFO3/c1-4-17-12(16)11(15)9-7(3)6(2)5-8(13)10(9)14/h5H,4H2,1-3H3. The summed E-state index contributed by atoms with van der Waals surface area (Å²) in [6.07, 6.45) is 0. The molecule has 1 aromatic carbocycles. The van der Waals surface area contributed by atoms with E-state index in [-0.39, 0.29) is 16.6 Å². The van der Waals surface area contributed by atoms with Gasteiger partial charge in [-0.2, -0.15) is 0 Å². The molecule has 92 valence electrons. The molecule has 0 aliphatic heterocycles. The molecule has 0 N–H and O–H groups in total. The zero-order valence-electron chi connectivity index (χ0n) is 9.77. The monoisotopic (exact) mass is 302 g/mol. The average Bonchev–Trinajstić information content (AvgIpc) is 2.27. The second kappa shape index (κ2) is 5.40. The van der Waals surface area contributed by atoms with E-state index in [0.29, 0.717) is 5.56 Å². The zero-order valence-corrected chi connectivity index (χ0v) is 11.4. The van der Waals surface area contributed by atoms with Crippen molar-refractivity contribution in [2.45, 2.75) is 20.8 Å². The van der Waals surface area contributed by atoms with Crippen LogP contribution in [0.1, 0.15) is 28.4 Å². The maximum absolute atomic E-state index is 13.8. The molecule has 0 amide bonds. The van der Waals surface area contributed by atoms with E-state index in [1.807, 2.05) is 0 Å². The molecule has 17 heavy (non-hydrogen) atoms. The van der Waals surface area contributed by atoms with Crippen LogP contribution in [0.5, 0.6) is 0 Å². The predicted molar refractivity (Wildman–Crippen MR) is 64.5 cm³/mol. The summed E-state index contributed by atoms with van der Waals surface area (Å²) < 4.78 is 18.6. The summed E-state index contributed by atoms with van der Waals surface area (Å²) >= 11 is 3.01. The highest BCUT2D eigenvalue weighted by atomic mass is 79.9. The predicted octanol–water partition coefficient (Wildman–Crippen LogP) is 2.95. The Kier molecular flexibility index (Phi) is 4.40. The molecule has 0 fully saturated rings. The van der Waals surface area contributed by atoms with Crippen LogP contribution < -0.4 is 0 Å². The van der Waals surface area contributed by atoms with Crippen LogP contribution in [-0.2, 0) is 9.53 Å². The van der Waals surface area contributed by atoms with Crippen molar-refractivity contribution in [1.29, 1.82) is 0 Å². The second-order valence-electron chi connectivity index (χ2n) is 3.54. The number of carbonyl (C=O) groups is 2. The van der Waals surface area contributed by atoms with Crippen LogP contribution in [0.3, 0.4) is 0 Å². The maximum Gasteiger partial charge on any atom is 0.379 e. The highest BCUT2D eigenvalue weighted by Gasteiger charge is 2.25. The van der Waals surface area contributed by atoms with E-state index in [2.05, 4.69) is 20.7 Å². The van der Waals surface area contributed by atoms with Gasteiger partial charge in [-0.1, -0.05) is 0 Å². The molecule has 1 aromatic rings. The summed E-state index contributed by atoms with van der Waals surface area (Å²) in [5, 5.41) is 0. The number of aryl methyl sites for hydroxylation is 1. The molecular weight excluding hydrogens is 291 g/mol. The number of carbonyl (C=O) groups excluding carboxylic acids is 2. The van der Waals surface area contributed by atoms with Gasteiger partial charge in [-0.15, -0.1) is 0 Å². The first-order valence-electron chi connectivity index (χ1n) is 5.06. The van der Waals surface area contributed by atoms with E-state index in [0.717, 1.165) is 5.56 Å². The van der Waals surface area contributed by atoms with Gasteiger partial charge in [0.25, 0.3) is 5.78 Å². The summed E-state index contributed by atoms with van der Waals surface area (Å²) in [6.45, 7) is 5.00. The van der Waals surface area contributed by atoms with Crippen LogP contribution in [0, 0.1) is 19.7 Å². The minimum absolute atomic E-state index is 0.0816. The lowest BCUT2D eigenvalue weighted by atomic mass is 9.99. The van der Waals surface area contributed by atoms with Gasteiger partial charge in [0.15, 0.2) is 0 Å². The van der Waals surface area contributed by atoms with Gasteiger partial charge in [0.05, 0.1) is 16.6 Å². The summed E-state index contributed by atoms with van der Waals surface area (Å²) in [4.78, 5) is 23.1. The van der Waals surface area contributed by atoms with Crippen molar-refractivity contribution in [3.05, 3.63) is 33.0 Å². The molecule has 0 bridgehead atoms. The van der Waals surface area contributed by atoms with Crippen LogP contribution in [0.15, 0.2) is 10.5 Å². The van der Waals surface area contributed by atoms with E-state index in [4.69, 9.17) is 0 Å². The Morgan fingerprint density at radius 1 is 1.41 bits per heavy atom. The van der Waals surface area contributed by atoms with Crippen LogP contribution >= 0.6 is 15.9 Å². The largest absolute Gasteiger partial charge is 0.460 e. The normalized spacial score (nSPS) is 10.2. The molecule has 3 nitrogen and oxygen atoms in total. The number of hydrogen-bond acceptors (Lipinski definition) is 3. The molecule has 5 heteroatoms. The third-order valence-corrected chi connectivity index (χ3v) is 3.00. The number of ketones is 1. The Balaban J connectivity index is 3.31. The van der Waals surface area contributed by atoms with Crippen molar-refractivity contribution in [3.63, 3.8) is 0 Å². The van der Waals surface area contributed by atoms with E-state index >= 15 is 0 Å². The molecule has 0 spiro atoms. The first kappa shape index (κ1) is 13.8. The van der Waals surface area contributed by atoms with Gasteiger partial charge in [0.2, 0.25) is 0 Å². The number of Topliss-reactive ketones (excluding diaryl/α,β-unsaturated/α-hetero) is 1. The van der Waals surface area contributed by atoms with Crippen molar-refractivity contribution in [3.8, 4) is 0 Å². The lowest BCUT2D eigenvalue weighted by Crippen LogP contribution is -2.20. The quantitative estimate of drug-likeness (QED) is 0.490. The molecule has 0 saturated carbocycles. The summed E-state index contributed by atoms with van der Waals surface area (Å²) in [7, 11) is 0. The lowest BCUT2D eigenvalue weighted by molar-refractivity contribution is -0.137. The van der Waals surface area contributed by atoms with E-state index in [9.17, 15) is 14.0 Å². The molecule has 0 atom stereocenters. The highest BCUT2D eigenvalue weighted by Crippen LogP contribution is 2.25. The molecule has 0 heterocycles. The molecule has 0 aromatic heterocycles. The van der Waals surface area contributed by atoms with Crippen LogP contribution in [-0.4, -0.2) is 18.4 Å². The number of esters is 1. The topological polar surface area (TPSA) is 43.4 Å². The molecule has 0 saturated heterocycles. The van der Waals surface area contributed by atoms with Crippen molar-refractivity contribution >= 4 is 27.7 Å². The summed E-state index contributed by atoms with van der Waals surface area (Å²) in [6, 6.07) is 1.56. The second-order valence-corrected chi connectivity index (χ2v) is 4.39. The number of hydrogen-bond donors (Lipinski definition) is 0. The fourth-order valence-electron chi connectivity index (χ4n) is 1.41. The smallest absolute Gasteiger partial charge is 0.379 e. The van der Waals surface area contributed by atoms with Gasteiger partial charge in [-0.05, 0) is 53.9 Å². The molecule has 0 unspecified atom stereocenters. The van der Waals surface area contributed by atoms with Crippen LogP contribution in [0.4, 0.5) is 4.39 Å². The summed E-state index contributed by atoms with van der Waals surface area (Å²) in [5.41, 5.74) is 0.949. The van der Waals surface area contributed by atoms with Crippen LogP contribution in [0.25, 0.3) is 0 Å². The third-order valence-electron chi connectivity index (χ3n) is 2.43. The molecule has 0 aliphatic carbocycles. The van der Waals surface area contributed by atoms with Crippen molar-refractivity contribution < 1.29 is 18.7 Å². The Hall–Kier alpha value is -1.23. The highest BCUT2D eigenvalue weighted by molar-refractivity contribution is 9.10. The van der Waals surface area contributed by atoms with E-state index < -0.39 is 17.6 Å². The Bertz CT molecular complexity index is 457. The van der Waals surface area contributed by atoms with Crippen molar-refractivity contribution in [1.82, 2.24) is 0 Å². The third kappa shape index (κ3) is 2.72. The fraction of sp³-hybridized carbons (Fsp3) is 0.333. The Labute approximate surface area is 107 Å². The van der Waals surface area contributed by atoms with Gasteiger partial charge in [0.1, 0.15) is 5.82 Å². The van der Waals surface area contributed by atoms with Gasteiger partial charge < -0.3 is 4.74 Å². The number of rotatable bonds is 3. The van der Waals surface area contributed by atoms with Crippen molar-refractivity contribution in [2.24, 2.45) is 0 Å². The van der Waals surface area contributed by atoms with Gasteiger partial charge >= 0.3 is 5.97 Å².